The predicted octanol–water partition coefficient (Wildman–Crippen LogP) is 3.38. The van der Waals surface area contributed by atoms with E-state index in [2.05, 4.69) is 52.5 Å². The third-order valence-corrected chi connectivity index (χ3v) is 3.87. The molecular weight excluding hydrogens is 246 g/mol. The number of fused-ring (bicyclic) bond motifs is 1. The molecular formula is C17H21N3. The Kier molecular flexibility index (Phi) is 3.59. The van der Waals surface area contributed by atoms with Gasteiger partial charge in [-0.15, -0.1) is 0 Å². The lowest BCUT2D eigenvalue weighted by molar-refractivity contribution is 0.684. The molecule has 20 heavy (non-hydrogen) atoms. The fraction of sp³-hybridized carbons (Fsp3) is 0.353. The summed E-state index contributed by atoms with van der Waals surface area (Å²) in [6.45, 7) is 4.16. The number of pyridine rings is 1. The van der Waals surface area contributed by atoms with E-state index in [-0.39, 0.29) is 0 Å². The van der Waals surface area contributed by atoms with E-state index in [1.165, 1.54) is 29.7 Å². The van der Waals surface area contributed by atoms with Crippen LogP contribution in [0.4, 0.5) is 11.5 Å². The maximum absolute atomic E-state index is 4.62. The minimum atomic E-state index is 0.881. The highest BCUT2D eigenvalue weighted by Gasteiger charge is 2.17. The van der Waals surface area contributed by atoms with E-state index in [4.69, 9.17) is 0 Å². The van der Waals surface area contributed by atoms with Gasteiger partial charge in [-0.25, -0.2) is 4.98 Å². The quantitative estimate of drug-likeness (QED) is 0.924. The Morgan fingerprint density at radius 2 is 2.15 bits per heavy atom. The summed E-state index contributed by atoms with van der Waals surface area (Å²) in [6, 6.07) is 12.9. The number of hydrogen-bond donors (Lipinski definition) is 1. The first-order chi connectivity index (χ1) is 9.76. The number of rotatable bonds is 3. The minimum Gasteiger partial charge on any atom is -0.373 e. The van der Waals surface area contributed by atoms with Crippen molar-refractivity contribution in [2.75, 3.05) is 23.8 Å². The van der Waals surface area contributed by atoms with Crippen LogP contribution in [-0.2, 0) is 13.0 Å². The van der Waals surface area contributed by atoms with Crippen molar-refractivity contribution in [3.63, 3.8) is 0 Å². The average Bonchev–Trinajstić information content (AvgIpc) is 2.47. The molecule has 0 aliphatic carbocycles. The van der Waals surface area contributed by atoms with Gasteiger partial charge in [0.15, 0.2) is 0 Å². The average molecular weight is 267 g/mol. The molecule has 1 aliphatic heterocycles. The van der Waals surface area contributed by atoms with Crippen LogP contribution in [0.5, 0.6) is 0 Å². The number of hydrogen-bond acceptors (Lipinski definition) is 3. The number of aryl methyl sites for hydroxylation is 2. The second kappa shape index (κ2) is 5.53. The van der Waals surface area contributed by atoms with Crippen molar-refractivity contribution < 1.29 is 0 Å². The van der Waals surface area contributed by atoms with Crippen molar-refractivity contribution in [1.29, 1.82) is 0 Å². The van der Waals surface area contributed by atoms with Gasteiger partial charge in [0.05, 0.1) is 12.2 Å². The fourth-order valence-electron chi connectivity index (χ4n) is 2.87. The molecule has 1 N–H and O–H groups in total. The van der Waals surface area contributed by atoms with Crippen LogP contribution in [0, 0.1) is 6.92 Å². The van der Waals surface area contributed by atoms with Crippen LogP contribution in [0.15, 0.2) is 36.4 Å². The van der Waals surface area contributed by atoms with E-state index in [1.54, 1.807) is 0 Å². The van der Waals surface area contributed by atoms with Gasteiger partial charge in [-0.05, 0) is 43.5 Å². The number of aromatic nitrogens is 1. The Labute approximate surface area is 120 Å². The first-order valence-electron chi connectivity index (χ1n) is 7.24. The highest BCUT2D eigenvalue weighted by molar-refractivity contribution is 5.57. The molecule has 0 radical (unpaired) electrons. The summed E-state index contributed by atoms with van der Waals surface area (Å²) in [5.41, 5.74) is 5.31. The molecule has 0 saturated carbocycles. The molecule has 2 aromatic rings. The summed E-state index contributed by atoms with van der Waals surface area (Å²) in [4.78, 5) is 7.07. The third kappa shape index (κ3) is 2.62. The number of nitrogens with zero attached hydrogens (tertiary/aromatic N) is 2. The minimum absolute atomic E-state index is 0.881. The lowest BCUT2D eigenvalue weighted by Crippen LogP contribution is -2.29. The van der Waals surface area contributed by atoms with Crippen molar-refractivity contribution in [1.82, 2.24) is 4.98 Å². The molecule has 0 fully saturated rings. The zero-order chi connectivity index (χ0) is 13.9. The maximum atomic E-state index is 4.62. The Balaban J connectivity index is 1.85. The van der Waals surface area contributed by atoms with Gasteiger partial charge < -0.3 is 10.2 Å². The molecule has 3 nitrogen and oxygen atoms in total. The molecule has 0 bridgehead atoms. The van der Waals surface area contributed by atoms with E-state index in [0.29, 0.717) is 0 Å². The van der Waals surface area contributed by atoms with Gasteiger partial charge in [0, 0.05) is 19.3 Å². The van der Waals surface area contributed by atoms with Gasteiger partial charge in [-0.2, -0.15) is 0 Å². The zero-order valence-electron chi connectivity index (χ0n) is 12.2. The first-order valence-corrected chi connectivity index (χ1v) is 7.24. The number of benzene rings is 1. The van der Waals surface area contributed by atoms with Crippen LogP contribution in [-0.4, -0.2) is 18.6 Å². The van der Waals surface area contributed by atoms with Crippen molar-refractivity contribution >= 4 is 11.5 Å². The Bertz CT molecular complexity index is 607. The molecule has 0 saturated heterocycles. The van der Waals surface area contributed by atoms with Crippen LogP contribution in [0.3, 0.4) is 0 Å². The van der Waals surface area contributed by atoms with E-state index in [1.807, 2.05) is 13.1 Å². The Morgan fingerprint density at radius 1 is 1.25 bits per heavy atom. The lowest BCUT2D eigenvalue weighted by Gasteiger charge is -2.31. The smallest absolute Gasteiger partial charge is 0.126 e. The van der Waals surface area contributed by atoms with Gasteiger partial charge in [0.25, 0.3) is 0 Å². The summed E-state index contributed by atoms with van der Waals surface area (Å²) < 4.78 is 0. The van der Waals surface area contributed by atoms with Gasteiger partial charge in [-0.1, -0.05) is 23.8 Å². The van der Waals surface area contributed by atoms with Gasteiger partial charge in [0.1, 0.15) is 5.82 Å². The summed E-state index contributed by atoms with van der Waals surface area (Å²) in [5.74, 6) is 0.934. The van der Waals surface area contributed by atoms with Gasteiger partial charge in [-0.3, -0.25) is 0 Å². The maximum Gasteiger partial charge on any atom is 0.126 e. The normalized spacial score (nSPS) is 14.0. The second-order valence-corrected chi connectivity index (χ2v) is 5.42. The van der Waals surface area contributed by atoms with Crippen LogP contribution >= 0.6 is 0 Å². The van der Waals surface area contributed by atoms with Crippen LogP contribution in [0.2, 0.25) is 0 Å². The SMILES string of the molecule is CNc1cccc(CN2CCCc3cc(C)ccc32)n1. The zero-order valence-corrected chi connectivity index (χ0v) is 12.2. The molecule has 2 heterocycles. The highest BCUT2D eigenvalue weighted by atomic mass is 15.1. The number of anilines is 2. The summed E-state index contributed by atoms with van der Waals surface area (Å²) in [7, 11) is 1.91. The van der Waals surface area contributed by atoms with Crippen molar-refractivity contribution in [3.05, 3.63) is 53.2 Å². The highest BCUT2D eigenvalue weighted by Crippen LogP contribution is 2.29. The topological polar surface area (TPSA) is 28.2 Å². The van der Waals surface area contributed by atoms with E-state index >= 15 is 0 Å². The van der Waals surface area contributed by atoms with E-state index in [0.717, 1.165) is 24.6 Å². The third-order valence-electron chi connectivity index (χ3n) is 3.87. The summed E-state index contributed by atoms with van der Waals surface area (Å²) in [6.07, 6.45) is 2.42. The summed E-state index contributed by atoms with van der Waals surface area (Å²) >= 11 is 0. The summed E-state index contributed by atoms with van der Waals surface area (Å²) in [5, 5.41) is 3.10. The molecule has 3 rings (SSSR count). The standard InChI is InChI=1S/C17H21N3/c1-13-8-9-16-14(11-13)5-4-10-20(16)12-15-6-3-7-17(18-2)19-15/h3,6-9,11H,4-5,10,12H2,1-2H3,(H,18,19). The van der Waals surface area contributed by atoms with Crippen LogP contribution in [0.25, 0.3) is 0 Å². The molecule has 0 amide bonds. The monoisotopic (exact) mass is 267 g/mol. The Hall–Kier alpha value is -2.03. The van der Waals surface area contributed by atoms with Crippen molar-refractivity contribution in [3.8, 4) is 0 Å². The molecule has 0 spiro atoms. The van der Waals surface area contributed by atoms with Gasteiger partial charge in [0.2, 0.25) is 0 Å². The van der Waals surface area contributed by atoms with Crippen molar-refractivity contribution in [2.45, 2.75) is 26.3 Å². The molecule has 0 unspecified atom stereocenters. The molecule has 104 valence electrons. The molecule has 1 aromatic carbocycles. The molecule has 1 aliphatic rings. The fourth-order valence-corrected chi connectivity index (χ4v) is 2.87. The molecule has 3 heteroatoms. The predicted molar refractivity (Wildman–Crippen MR) is 84.3 cm³/mol. The van der Waals surface area contributed by atoms with Crippen LogP contribution < -0.4 is 10.2 Å². The number of nitrogens with one attached hydrogen (secondary N) is 1. The molecule has 0 atom stereocenters. The van der Waals surface area contributed by atoms with E-state index < -0.39 is 0 Å². The first kappa shape index (κ1) is 13.0. The van der Waals surface area contributed by atoms with Gasteiger partial charge >= 0.3 is 0 Å². The Morgan fingerprint density at radius 3 is 3.00 bits per heavy atom. The lowest BCUT2D eigenvalue weighted by atomic mass is 9.99. The van der Waals surface area contributed by atoms with E-state index in [9.17, 15) is 0 Å². The second-order valence-electron chi connectivity index (χ2n) is 5.42. The molecule has 1 aromatic heterocycles. The van der Waals surface area contributed by atoms with Crippen molar-refractivity contribution in [2.24, 2.45) is 0 Å². The largest absolute Gasteiger partial charge is 0.373 e. The van der Waals surface area contributed by atoms with Crippen LogP contribution in [0.1, 0.15) is 23.2 Å².